The molecule has 6 nitrogen and oxygen atoms in total. The number of carbonyl (C=O) groups is 2. The van der Waals surface area contributed by atoms with E-state index in [0.29, 0.717) is 32.7 Å². The second-order valence-corrected chi connectivity index (χ2v) is 7.15. The summed E-state index contributed by atoms with van der Waals surface area (Å²) in [6.45, 7) is 1.49. The minimum absolute atomic E-state index is 0.0283. The summed E-state index contributed by atoms with van der Waals surface area (Å²) in [5.41, 5.74) is 3.25. The number of carbonyl (C=O) groups excluding carboxylic acids is 2. The third kappa shape index (κ3) is 3.59. The molecule has 4 aromatic rings. The Balaban J connectivity index is 1.50. The third-order valence-corrected chi connectivity index (χ3v) is 5.21. The Labute approximate surface area is 163 Å². The zero-order valence-corrected chi connectivity index (χ0v) is 15.6. The van der Waals surface area contributed by atoms with Crippen LogP contribution >= 0.6 is 11.8 Å². The number of fused-ring (bicyclic) bond motifs is 3. The number of nitrogens with one attached hydrogen (secondary N) is 2. The molecule has 0 unspecified atom stereocenters. The van der Waals surface area contributed by atoms with Crippen LogP contribution in [0.25, 0.3) is 21.9 Å². The van der Waals surface area contributed by atoms with Gasteiger partial charge in [-0.3, -0.25) is 9.59 Å². The topological polar surface area (TPSA) is 87.7 Å². The summed E-state index contributed by atoms with van der Waals surface area (Å²) in [4.78, 5) is 35.2. The van der Waals surface area contributed by atoms with Crippen molar-refractivity contribution in [3.63, 3.8) is 0 Å². The van der Waals surface area contributed by atoms with E-state index in [1.165, 1.54) is 37.1 Å². The van der Waals surface area contributed by atoms with Crippen molar-refractivity contribution < 1.29 is 14.0 Å². The minimum atomic E-state index is -0.337. The lowest BCUT2D eigenvalue weighted by atomic mass is 10.1. The predicted octanol–water partition coefficient (Wildman–Crippen LogP) is 4.18. The van der Waals surface area contributed by atoms with Gasteiger partial charge in [0.05, 0.1) is 11.3 Å². The zero-order valence-electron chi connectivity index (χ0n) is 14.8. The number of aromatic nitrogens is 3. The van der Waals surface area contributed by atoms with Crippen LogP contribution in [0.3, 0.4) is 0 Å². The molecule has 2 heterocycles. The molecule has 0 aliphatic rings. The monoisotopic (exact) mass is 394 g/mol. The summed E-state index contributed by atoms with van der Waals surface area (Å²) in [5, 5.41) is 4.08. The van der Waals surface area contributed by atoms with Crippen LogP contribution in [-0.2, 0) is 4.79 Å². The molecule has 0 atom stereocenters. The summed E-state index contributed by atoms with van der Waals surface area (Å²) in [6.07, 6.45) is 1.40. The van der Waals surface area contributed by atoms with Crippen LogP contribution in [-0.4, -0.2) is 32.4 Å². The molecule has 28 heavy (non-hydrogen) atoms. The highest BCUT2D eigenvalue weighted by molar-refractivity contribution is 8.00. The highest BCUT2D eigenvalue weighted by atomic mass is 32.2. The number of H-pyrrole nitrogens is 1. The van der Waals surface area contributed by atoms with Crippen molar-refractivity contribution in [1.29, 1.82) is 0 Å². The van der Waals surface area contributed by atoms with E-state index in [0.717, 1.165) is 5.52 Å². The fourth-order valence-corrected chi connectivity index (χ4v) is 3.62. The van der Waals surface area contributed by atoms with Crippen LogP contribution in [0.5, 0.6) is 0 Å². The summed E-state index contributed by atoms with van der Waals surface area (Å²) in [7, 11) is 0. The fourth-order valence-electron chi connectivity index (χ4n) is 2.87. The quantitative estimate of drug-likeness (QED) is 0.301. The Morgan fingerprint density at radius 2 is 1.93 bits per heavy atom. The van der Waals surface area contributed by atoms with Crippen molar-refractivity contribution in [1.82, 2.24) is 15.0 Å². The van der Waals surface area contributed by atoms with E-state index in [9.17, 15) is 14.0 Å². The van der Waals surface area contributed by atoms with E-state index < -0.39 is 0 Å². The van der Waals surface area contributed by atoms with Crippen molar-refractivity contribution in [2.24, 2.45) is 0 Å². The van der Waals surface area contributed by atoms with Gasteiger partial charge in [-0.15, -0.1) is 0 Å². The maximum Gasteiger partial charge on any atom is 0.234 e. The summed E-state index contributed by atoms with van der Waals surface area (Å²) < 4.78 is 13.5. The van der Waals surface area contributed by atoms with E-state index >= 15 is 0 Å². The number of thioether (sulfide) groups is 1. The number of aromatic amines is 1. The molecule has 2 aromatic carbocycles. The lowest BCUT2D eigenvalue weighted by molar-refractivity contribution is -0.113. The van der Waals surface area contributed by atoms with Gasteiger partial charge >= 0.3 is 0 Å². The Bertz CT molecular complexity index is 1200. The molecule has 0 spiro atoms. The first-order valence-electron chi connectivity index (χ1n) is 8.47. The van der Waals surface area contributed by atoms with Crippen molar-refractivity contribution >= 4 is 51.1 Å². The Kier molecular flexibility index (Phi) is 4.79. The SMILES string of the molecule is CC(=O)c1ccc(NC(=O)CSc2ncnc3c2[nH]c2ccc(F)cc23)cc1. The van der Waals surface area contributed by atoms with Crippen LogP contribution in [0.1, 0.15) is 17.3 Å². The van der Waals surface area contributed by atoms with E-state index in [2.05, 4.69) is 20.3 Å². The molecule has 2 aromatic heterocycles. The molecule has 0 saturated heterocycles. The first-order chi connectivity index (χ1) is 13.5. The lowest BCUT2D eigenvalue weighted by Gasteiger charge is -2.06. The molecule has 0 aliphatic carbocycles. The smallest absolute Gasteiger partial charge is 0.234 e. The van der Waals surface area contributed by atoms with Gasteiger partial charge in [0, 0.05) is 22.2 Å². The highest BCUT2D eigenvalue weighted by Crippen LogP contribution is 2.30. The normalized spacial score (nSPS) is 11.1. The van der Waals surface area contributed by atoms with Gasteiger partial charge in [0.15, 0.2) is 5.78 Å². The minimum Gasteiger partial charge on any atom is -0.351 e. The number of rotatable bonds is 5. The molecule has 8 heteroatoms. The summed E-state index contributed by atoms with van der Waals surface area (Å²) in [5.74, 6) is -0.421. The van der Waals surface area contributed by atoms with Crippen LogP contribution in [0, 0.1) is 5.82 Å². The molecule has 1 amide bonds. The van der Waals surface area contributed by atoms with Gasteiger partial charge in [-0.2, -0.15) is 0 Å². The lowest BCUT2D eigenvalue weighted by Crippen LogP contribution is -2.14. The third-order valence-electron chi connectivity index (χ3n) is 4.22. The molecule has 0 saturated carbocycles. The van der Waals surface area contributed by atoms with Gasteiger partial charge in [0.2, 0.25) is 5.91 Å². The second-order valence-electron chi connectivity index (χ2n) is 6.19. The van der Waals surface area contributed by atoms with Crippen molar-refractivity contribution in [3.05, 3.63) is 60.2 Å². The van der Waals surface area contributed by atoms with E-state index in [-0.39, 0.29) is 23.3 Å². The number of hydrogen-bond acceptors (Lipinski definition) is 5. The molecular formula is C20H15FN4O2S. The molecule has 0 bridgehead atoms. The maximum atomic E-state index is 13.5. The van der Waals surface area contributed by atoms with Crippen LogP contribution in [0.15, 0.2) is 53.8 Å². The van der Waals surface area contributed by atoms with Crippen LogP contribution in [0.4, 0.5) is 10.1 Å². The van der Waals surface area contributed by atoms with Gasteiger partial charge in [0.1, 0.15) is 22.7 Å². The van der Waals surface area contributed by atoms with Crippen molar-refractivity contribution in [2.45, 2.75) is 11.9 Å². The average Bonchev–Trinajstić information content (AvgIpc) is 3.05. The number of Topliss-reactive ketones (excluding diaryl/α,β-unsaturated/α-hetero) is 1. The molecule has 0 aliphatic heterocycles. The molecule has 2 N–H and O–H groups in total. The fraction of sp³-hybridized carbons (Fsp3) is 0.100. The molecule has 4 rings (SSSR count). The standard InChI is InChI=1S/C20H15FN4O2S/c1-11(26)12-2-5-14(6-3-12)24-17(27)9-28-20-19-18(22-10-23-20)15-8-13(21)4-7-16(15)25-19/h2-8,10,25H,9H2,1H3,(H,24,27). The predicted molar refractivity (Wildman–Crippen MR) is 107 cm³/mol. The van der Waals surface area contributed by atoms with Crippen LogP contribution in [0.2, 0.25) is 0 Å². The number of nitrogens with zero attached hydrogens (tertiary/aromatic N) is 2. The van der Waals surface area contributed by atoms with Crippen LogP contribution < -0.4 is 5.32 Å². The number of amides is 1. The Morgan fingerprint density at radius 3 is 2.68 bits per heavy atom. The molecular weight excluding hydrogens is 379 g/mol. The molecule has 0 fully saturated rings. The maximum absolute atomic E-state index is 13.5. The van der Waals surface area contributed by atoms with Gasteiger partial charge in [-0.05, 0) is 49.4 Å². The first kappa shape index (κ1) is 18.1. The molecule has 140 valence electrons. The number of halogens is 1. The van der Waals surface area contributed by atoms with Gasteiger partial charge < -0.3 is 10.3 Å². The Morgan fingerprint density at radius 1 is 1.14 bits per heavy atom. The number of anilines is 1. The number of benzene rings is 2. The number of hydrogen-bond donors (Lipinski definition) is 2. The highest BCUT2D eigenvalue weighted by Gasteiger charge is 2.13. The summed E-state index contributed by atoms with van der Waals surface area (Å²) in [6, 6.07) is 11.2. The zero-order chi connectivity index (χ0) is 19.7. The largest absolute Gasteiger partial charge is 0.351 e. The van der Waals surface area contributed by atoms with E-state index in [1.807, 2.05) is 0 Å². The first-order valence-corrected chi connectivity index (χ1v) is 9.45. The van der Waals surface area contributed by atoms with Gasteiger partial charge in [-0.1, -0.05) is 11.8 Å². The van der Waals surface area contributed by atoms with Gasteiger partial charge in [-0.25, -0.2) is 14.4 Å². The molecule has 0 radical (unpaired) electrons. The number of ketones is 1. The average molecular weight is 394 g/mol. The van der Waals surface area contributed by atoms with Crippen molar-refractivity contribution in [2.75, 3.05) is 11.1 Å². The van der Waals surface area contributed by atoms with Gasteiger partial charge in [0.25, 0.3) is 0 Å². The Hall–Kier alpha value is -3.26. The van der Waals surface area contributed by atoms with Crippen molar-refractivity contribution in [3.8, 4) is 0 Å². The van der Waals surface area contributed by atoms with E-state index in [4.69, 9.17) is 0 Å². The summed E-state index contributed by atoms with van der Waals surface area (Å²) >= 11 is 1.26. The second kappa shape index (κ2) is 7.40. The van der Waals surface area contributed by atoms with E-state index in [1.54, 1.807) is 30.3 Å².